The largest absolute Gasteiger partial charge is 0.330 e. The lowest BCUT2D eigenvalue weighted by Gasteiger charge is -2.10. The monoisotopic (exact) mass is 213 g/mol. The molecule has 0 radical (unpaired) electrons. The number of carbonyl (C=O) groups is 1. The fraction of sp³-hybridized carbons (Fsp3) is 0.923. The number of hydrogen-bond donors (Lipinski definition) is 1. The Morgan fingerprint density at radius 3 is 2.33 bits per heavy atom. The average Bonchev–Trinajstić information content (AvgIpc) is 2.25. The van der Waals surface area contributed by atoms with Crippen LogP contribution in [0.4, 0.5) is 0 Å². The molecule has 0 heterocycles. The van der Waals surface area contributed by atoms with Gasteiger partial charge in [0.25, 0.3) is 0 Å². The van der Waals surface area contributed by atoms with E-state index in [-0.39, 0.29) is 0 Å². The van der Waals surface area contributed by atoms with Crippen molar-refractivity contribution in [2.45, 2.75) is 65.2 Å². The summed E-state index contributed by atoms with van der Waals surface area (Å²) >= 11 is 0. The Labute approximate surface area is 94.6 Å². The summed E-state index contributed by atoms with van der Waals surface area (Å²) in [6, 6.07) is 0. The molecular weight excluding hydrogens is 186 g/mol. The van der Waals surface area contributed by atoms with E-state index in [2.05, 4.69) is 13.8 Å². The van der Waals surface area contributed by atoms with Gasteiger partial charge in [0.15, 0.2) is 0 Å². The average molecular weight is 213 g/mol. The predicted octanol–water partition coefficient (Wildman–Crippen LogP) is 3.29. The topological polar surface area (TPSA) is 43.1 Å². The van der Waals surface area contributed by atoms with E-state index in [1.165, 1.54) is 25.7 Å². The molecule has 0 saturated heterocycles. The molecule has 2 N–H and O–H groups in total. The smallest absolute Gasteiger partial charge is 0.133 e. The second kappa shape index (κ2) is 10.2. The third-order valence-electron chi connectivity index (χ3n) is 2.99. The summed E-state index contributed by atoms with van der Waals surface area (Å²) in [5, 5.41) is 0. The SMILES string of the molecule is CCCCCCCC(=O)CC(CC)CN. The molecule has 0 aromatic rings. The van der Waals surface area contributed by atoms with Gasteiger partial charge in [0.05, 0.1) is 0 Å². The van der Waals surface area contributed by atoms with Gasteiger partial charge < -0.3 is 5.73 Å². The molecule has 0 aliphatic heterocycles. The van der Waals surface area contributed by atoms with Gasteiger partial charge in [0, 0.05) is 12.8 Å². The van der Waals surface area contributed by atoms with E-state index in [9.17, 15) is 4.79 Å². The van der Waals surface area contributed by atoms with E-state index < -0.39 is 0 Å². The normalized spacial score (nSPS) is 12.7. The molecule has 2 heteroatoms. The zero-order valence-corrected chi connectivity index (χ0v) is 10.4. The zero-order chi connectivity index (χ0) is 11.5. The maximum Gasteiger partial charge on any atom is 0.133 e. The van der Waals surface area contributed by atoms with Crippen molar-refractivity contribution in [2.24, 2.45) is 11.7 Å². The molecule has 0 bridgehead atoms. The predicted molar refractivity (Wildman–Crippen MR) is 65.8 cm³/mol. The molecule has 1 atom stereocenters. The Bertz CT molecular complexity index is 153. The van der Waals surface area contributed by atoms with Crippen LogP contribution in [0, 0.1) is 5.92 Å². The molecular formula is C13H27NO. The first kappa shape index (κ1) is 14.6. The molecule has 2 nitrogen and oxygen atoms in total. The maximum atomic E-state index is 11.5. The highest BCUT2D eigenvalue weighted by Crippen LogP contribution is 2.11. The summed E-state index contributed by atoms with van der Waals surface area (Å²) in [5.74, 6) is 0.817. The molecule has 90 valence electrons. The molecule has 0 fully saturated rings. The van der Waals surface area contributed by atoms with Gasteiger partial charge in [-0.25, -0.2) is 0 Å². The van der Waals surface area contributed by atoms with Gasteiger partial charge >= 0.3 is 0 Å². The molecule has 0 aromatic heterocycles. The van der Waals surface area contributed by atoms with Crippen molar-refractivity contribution in [3.05, 3.63) is 0 Å². The van der Waals surface area contributed by atoms with Crippen LogP contribution in [0.25, 0.3) is 0 Å². The molecule has 0 aromatic carbocycles. The minimum Gasteiger partial charge on any atom is -0.330 e. The lowest BCUT2D eigenvalue weighted by Crippen LogP contribution is -2.17. The first-order valence-corrected chi connectivity index (χ1v) is 6.46. The minimum absolute atomic E-state index is 0.406. The van der Waals surface area contributed by atoms with Crippen LogP contribution in [0.3, 0.4) is 0 Å². The van der Waals surface area contributed by atoms with Crippen LogP contribution in [0.15, 0.2) is 0 Å². The Morgan fingerprint density at radius 1 is 1.13 bits per heavy atom. The van der Waals surface area contributed by atoms with Gasteiger partial charge in [-0.2, -0.15) is 0 Å². The highest BCUT2D eigenvalue weighted by molar-refractivity contribution is 5.78. The van der Waals surface area contributed by atoms with Crippen LogP contribution in [-0.4, -0.2) is 12.3 Å². The Morgan fingerprint density at radius 2 is 1.80 bits per heavy atom. The van der Waals surface area contributed by atoms with Crippen molar-refractivity contribution < 1.29 is 4.79 Å². The second-order valence-electron chi connectivity index (χ2n) is 4.42. The first-order valence-electron chi connectivity index (χ1n) is 6.46. The highest BCUT2D eigenvalue weighted by atomic mass is 16.1. The summed E-state index contributed by atoms with van der Waals surface area (Å²) in [6.07, 6.45) is 8.60. The van der Waals surface area contributed by atoms with Crippen molar-refractivity contribution in [1.82, 2.24) is 0 Å². The Hall–Kier alpha value is -0.370. The lowest BCUT2D eigenvalue weighted by molar-refractivity contribution is -0.120. The number of Topliss-reactive ketones (excluding diaryl/α,β-unsaturated/α-hetero) is 1. The Kier molecular flexibility index (Phi) is 9.91. The fourth-order valence-corrected chi connectivity index (χ4v) is 1.74. The molecule has 15 heavy (non-hydrogen) atoms. The second-order valence-corrected chi connectivity index (χ2v) is 4.42. The standard InChI is InChI=1S/C13H27NO/c1-3-5-6-7-8-9-13(15)10-12(4-2)11-14/h12H,3-11,14H2,1-2H3. The van der Waals surface area contributed by atoms with Crippen LogP contribution < -0.4 is 5.73 Å². The highest BCUT2D eigenvalue weighted by Gasteiger charge is 2.09. The van der Waals surface area contributed by atoms with Crippen molar-refractivity contribution in [1.29, 1.82) is 0 Å². The molecule has 0 amide bonds. The van der Waals surface area contributed by atoms with Gasteiger partial charge in [-0.3, -0.25) is 4.79 Å². The number of hydrogen-bond acceptors (Lipinski definition) is 2. The summed E-state index contributed by atoms with van der Waals surface area (Å²) < 4.78 is 0. The quantitative estimate of drug-likeness (QED) is 0.566. The van der Waals surface area contributed by atoms with Crippen molar-refractivity contribution in [3.63, 3.8) is 0 Å². The number of unbranched alkanes of at least 4 members (excludes halogenated alkanes) is 4. The van der Waals surface area contributed by atoms with Crippen LogP contribution in [-0.2, 0) is 4.79 Å². The van der Waals surface area contributed by atoms with E-state index >= 15 is 0 Å². The first-order chi connectivity index (χ1) is 7.24. The summed E-state index contributed by atoms with van der Waals surface area (Å²) in [6.45, 7) is 4.96. The van der Waals surface area contributed by atoms with Gasteiger partial charge in [0.1, 0.15) is 5.78 Å². The number of ketones is 1. The van der Waals surface area contributed by atoms with E-state index in [0.717, 1.165) is 19.3 Å². The number of nitrogens with two attached hydrogens (primary N) is 1. The van der Waals surface area contributed by atoms with Crippen molar-refractivity contribution in [3.8, 4) is 0 Å². The maximum absolute atomic E-state index is 11.5. The minimum atomic E-state index is 0.406. The van der Waals surface area contributed by atoms with Crippen LogP contribution in [0.2, 0.25) is 0 Å². The van der Waals surface area contributed by atoms with E-state index in [4.69, 9.17) is 5.73 Å². The number of rotatable bonds is 10. The van der Waals surface area contributed by atoms with E-state index in [0.29, 0.717) is 24.7 Å². The molecule has 0 spiro atoms. The third-order valence-corrected chi connectivity index (χ3v) is 2.99. The Balaban J connectivity index is 3.40. The number of carbonyl (C=O) groups excluding carboxylic acids is 1. The molecule has 1 unspecified atom stereocenters. The third kappa shape index (κ3) is 8.61. The van der Waals surface area contributed by atoms with Crippen LogP contribution in [0.1, 0.15) is 65.2 Å². The fourth-order valence-electron chi connectivity index (χ4n) is 1.74. The molecule has 0 aliphatic rings. The van der Waals surface area contributed by atoms with Crippen molar-refractivity contribution in [2.75, 3.05) is 6.54 Å². The molecule has 0 aliphatic carbocycles. The van der Waals surface area contributed by atoms with Crippen LogP contribution >= 0.6 is 0 Å². The van der Waals surface area contributed by atoms with Gasteiger partial charge in [-0.15, -0.1) is 0 Å². The van der Waals surface area contributed by atoms with E-state index in [1.807, 2.05) is 0 Å². The van der Waals surface area contributed by atoms with Gasteiger partial charge in [-0.1, -0.05) is 46.0 Å². The molecule has 0 rings (SSSR count). The summed E-state index contributed by atoms with van der Waals surface area (Å²) in [7, 11) is 0. The zero-order valence-electron chi connectivity index (χ0n) is 10.4. The summed E-state index contributed by atoms with van der Waals surface area (Å²) in [5.41, 5.74) is 5.57. The van der Waals surface area contributed by atoms with Gasteiger partial charge in [-0.05, 0) is 18.9 Å². The van der Waals surface area contributed by atoms with E-state index in [1.54, 1.807) is 0 Å². The summed E-state index contributed by atoms with van der Waals surface area (Å²) in [4.78, 5) is 11.5. The lowest BCUT2D eigenvalue weighted by atomic mass is 9.97. The molecule has 0 saturated carbocycles. The van der Waals surface area contributed by atoms with Gasteiger partial charge in [0.2, 0.25) is 0 Å². The van der Waals surface area contributed by atoms with Crippen molar-refractivity contribution >= 4 is 5.78 Å². The van der Waals surface area contributed by atoms with Crippen LogP contribution in [0.5, 0.6) is 0 Å².